The van der Waals surface area contributed by atoms with Crippen molar-refractivity contribution in [3.05, 3.63) is 652 Å². The van der Waals surface area contributed by atoms with Gasteiger partial charge in [0.15, 0.2) is 0 Å². The van der Waals surface area contributed by atoms with Gasteiger partial charge in [0.25, 0.3) is 0 Å². The molecular formula is C150H120. The second kappa shape index (κ2) is 49.7. The highest BCUT2D eigenvalue weighted by atomic mass is 14.2. The van der Waals surface area contributed by atoms with E-state index in [1.807, 2.05) is 6.07 Å². The van der Waals surface area contributed by atoms with E-state index >= 15 is 0 Å². The van der Waals surface area contributed by atoms with Crippen LogP contribution in [0.15, 0.2) is 619 Å². The molecule has 24 rings (SSSR count). The van der Waals surface area contributed by atoms with Crippen LogP contribution in [-0.2, 0) is 0 Å². The Hall–Kier alpha value is -18.7. The smallest absolute Gasteiger partial charge is 0.0149 e. The summed E-state index contributed by atoms with van der Waals surface area (Å²) in [5.41, 5.74) is 53.0. The van der Waals surface area contributed by atoms with Crippen LogP contribution in [-0.4, -0.2) is 0 Å². The van der Waals surface area contributed by atoms with Crippen molar-refractivity contribution >= 4 is 0 Å². The first-order valence-electron chi connectivity index (χ1n) is 51.8. The summed E-state index contributed by atoms with van der Waals surface area (Å²) < 4.78 is 0. The average molecular weight is 1920 g/mol. The summed E-state index contributed by atoms with van der Waals surface area (Å²) in [5.74, 6) is 0. The Kier molecular flexibility index (Phi) is 33.1. The van der Waals surface area contributed by atoms with E-state index in [-0.39, 0.29) is 0 Å². The molecule has 0 aliphatic carbocycles. The van der Waals surface area contributed by atoms with E-state index in [9.17, 15) is 0 Å². The molecule has 0 atom stereocenters. The molecule has 0 heteroatoms. The van der Waals surface area contributed by atoms with Gasteiger partial charge >= 0.3 is 0 Å². The minimum atomic E-state index is 1.24. The summed E-state index contributed by atoms with van der Waals surface area (Å²) in [6.07, 6.45) is 0. The highest BCUT2D eigenvalue weighted by Crippen LogP contribution is 2.39. The lowest BCUT2D eigenvalue weighted by atomic mass is 9.94. The van der Waals surface area contributed by atoms with Gasteiger partial charge in [0.2, 0.25) is 0 Å². The number of benzene rings is 24. The molecule has 0 bridgehead atoms. The minimum absolute atomic E-state index is 1.24. The van der Waals surface area contributed by atoms with Crippen molar-refractivity contribution in [2.75, 3.05) is 0 Å². The molecule has 0 amide bonds. The summed E-state index contributed by atoms with van der Waals surface area (Å²) in [7, 11) is 0. The molecule has 24 aromatic carbocycles. The summed E-state index contributed by atoms with van der Waals surface area (Å²) in [5, 5.41) is 0. The fourth-order valence-corrected chi connectivity index (χ4v) is 19.1. The van der Waals surface area contributed by atoms with E-state index in [2.05, 4.69) is 654 Å². The Labute approximate surface area is 887 Å². The molecule has 0 saturated heterocycles. The minimum Gasteiger partial charge on any atom is -0.0622 e. The molecule has 150 heavy (non-hydrogen) atoms. The van der Waals surface area contributed by atoms with Gasteiger partial charge in [0.05, 0.1) is 0 Å². The van der Waals surface area contributed by atoms with Gasteiger partial charge in [0.1, 0.15) is 0 Å². The lowest BCUT2D eigenvalue weighted by molar-refractivity contribution is 1.45. The van der Waals surface area contributed by atoms with Crippen LogP contribution in [0.4, 0.5) is 0 Å². The van der Waals surface area contributed by atoms with Gasteiger partial charge in [-0.05, 0) is 289 Å². The maximum atomic E-state index is 2.29. The van der Waals surface area contributed by atoms with Crippen molar-refractivity contribution in [1.29, 1.82) is 0 Å². The topological polar surface area (TPSA) is 0 Å². The average Bonchev–Trinajstić information content (AvgIpc) is 0.816. The van der Waals surface area contributed by atoms with Gasteiger partial charge in [-0.3, -0.25) is 0 Å². The molecule has 0 heterocycles. The van der Waals surface area contributed by atoms with Crippen LogP contribution in [0.5, 0.6) is 0 Å². The maximum Gasteiger partial charge on any atom is -0.0149 e. The van der Waals surface area contributed by atoms with E-state index in [1.54, 1.807) is 0 Å². The molecule has 0 radical (unpaired) electrons. The van der Waals surface area contributed by atoms with Crippen molar-refractivity contribution < 1.29 is 0 Å². The highest BCUT2D eigenvalue weighted by Gasteiger charge is 2.14. The van der Waals surface area contributed by atoms with Gasteiger partial charge < -0.3 is 0 Å². The summed E-state index contributed by atoms with van der Waals surface area (Å²) in [4.78, 5) is 0. The van der Waals surface area contributed by atoms with Crippen LogP contribution in [0.3, 0.4) is 0 Å². The quantitative estimate of drug-likeness (QED) is 0.0803. The molecule has 0 aliphatic heterocycles. The normalized spacial score (nSPS) is 10.6. The molecule has 0 N–H and O–H groups in total. The van der Waals surface area contributed by atoms with Crippen LogP contribution in [0.25, 0.3) is 200 Å². The third-order valence-electron chi connectivity index (χ3n) is 27.5. The van der Waals surface area contributed by atoms with Crippen molar-refractivity contribution in [3.8, 4) is 200 Å². The zero-order valence-electron chi connectivity index (χ0n) is 85.9. The van der Waals surface area contributed by atoms with Crippen molar-refractivity contribution in [2.45, 2.75) is 41.5 Å². The number of hydrogen-bond acceptors (Lipinski definition) is 0. The van der Waals surface area contributed by atoms with E-state index in [0.29, 0.717) is 0 Å². The van der Waals surface area contributed by atoms with E-state index < -0.39 is 0 Å². The van der Waals surface area contributed by atoms with Crippen LogP contribution in [0.2, 0.25) is 0 Å². The Morgan fingerprint density at radius 3 is 0.447 bits per heavy atom. The first kappa shape index (κ1) is 100.0. The number of hydrogen-bond donors (Lipinski definition) is 0. The van der Waals surface area contributed by atoms with Crippen molar-refractivity contribution in [2.24, 2.45) is 0 Å². The van der Waals surface area contributed by atoms with Crippen LogP contribution >= 0.6 is 0 Å². The molecule has 0 aromatic heterocycles. The van der Waals surface area contributed by atoms with E-state index in [1.165, 1.54) is 234 Å². The second-order valence-electron chi connectivity index (χ2n) is 38.2. The van der Waals surface area contributed by atoms with Gasteiger partial charge in [-0.2, -0.15) is 0 Å². The molecule has 0 nitrogen and oxygen atoms in total. The van der Waals surface area contributed by atoms with Gasteiger partial charge in [-0.15, -0.1) is 0 Å². The van der Waals surface area contributed by atoms with Crippen LogP contribution < -0.4 is 0 Å². The van der Waals surface area contributed by atoms with Gasteiger partial charge in [-0.1, -0.05) is 605 Å². The molecule has 0 spiro atoms. The molecule has 0 aliphatic rings. The second-order valence-corrected chi connectivity index (χ2v) is 38.2. The zero-order chi connectivity index (χ0) is 102. The van der Waals surface area contributed by atoms with E-state index in [0.717, 1.165) is 0 Å². The predicted molar refractivity (Wildman–Crippen MR) is 645 cm³/mol. The number of aryl methyl sites for hydroxylation is 6. The largest absolute Gasteiger partial charge is 0.0622 e. The SMILES string of the molecule is Cc1cc(-c2ccccc2)cc(-c2ccc(-c3ccccc3)cc2)c1.Cc1ccc(-c2ccc(-c3ccc(-c4ccccc4)cc3)cc2)cc1.Cc1ccc(-c2ccc(-c3ccccc3)cc2)cc1-c1ccccc1.Cc1ccc(-c2cccc(-c3ccc(-c4ccccc4)cc3)c2)cc1.Cc1ccc(-c2ccccc2)cc1-c1ccc(-c2ccccc2)cc1.Cc1cccc(-c2cccc(-c3ccc(-c4ccccc4)cc3)c2)c1. The first-order chi connectivity index (χ1) is 73.8. The lowest BCUT2D eigenvalue weighted by Gasteiger charge is -2.11. The predicted octanol–water partition coefficient (Wildman–Crippen LogP) is 42.0. The summed E-state index contributed by atoms with van der Waals surface area (Å²) in [6, 6.07) is 220. The zero-order valence-corrected chi connectivity index (χ0v) is 85.9. The third kappa shape index (κ3) is 26.5. The van der Waals surface area contributed by atoms with Crippen LogP contribution in [0.1, 0.15) is 33.4 Å². The monoisotopic (exact) mass is 1920 g/mol. The molecular weight excluding hydrogens is 1800 g/mol. The number of rotatable bonds is 18. The summed E-state index contributed by atoms with van der Waals surface area (Å²) >= 11 is 0. The maximum absolute atomic E-state index is 2.29. The standard InChI is InChI=1S/6C25H20/c1-19-16-24(21-10-6-3-7-11-21)18-25(17-19)23-14-12-22(13-15-23)20-8-4-2-5-9-20;1-19-12-13-24(18-25(19)23-10-6-3-7-11-23)22-16-14-21(15-17-22)20-8-4-2-5-9-20;1-19-12-13-24(21-10-6-3-7-11-21)18-25(19)23-16-14-22(15-17-23)20-8-4-2-5-9-20;1-19-7-5-10-23(17-19)25-12-6-11-24(18-25)22-15-13-21(14-16-22)20-8-3-2-4-9-20;1-19-10-12-22(13-11-19)24-8-5-9-25(18-24)23-16-14-21(15-17-23)20-6-3-2-4-7-20;1-19-7-9-21(10-8-19)23-15-17-25(18-16-23)24-13-11-22(12-14-24)20-5-3-2-4-6-20/h6*2-18H,1H3. The van der Waals surface area contributed by atoms with Gasteiger partial charge in [-0.25, -0.2) is 0 Å². The molecule has 0 saturated carbocycles. The molecule has 720 valence electrons. The van der Waals surface area contributed by atoms with Crippen molar-refractivity contribution in [3.63, 3.8) is 0 Å². The Morgan fingerprint density at radius 2 is 0.207 bits per heavy atom. The molecule has 24 aromatic rings. The third-order valence-corrected chi connectivity index (χ3v) is 27.5. The molecule has 0 unspecified atom stereocenters. The Morgan fingerprint density at radius 1 is 0.0733 bits per heavy atom. The van der Waals surface area contributed by atoms with Crippen molar-refractivity contribution in [1.82, 2.24) is 0 Å². The fraction of sp³-hybridized carbons (Fsp3) is 0.0400. The molecule has 0 fully saturated rings. The lowest BCUT2D eigenvalue weighted by Crippen LogP contribution is -1.86. The highest BCUT2D eigenvalue weighted by molar-refractivity contribution is 5.84. The first-order valence-corrected chi connectivity index (χ1v) is 51.8. The fourth-order valence-electron chi connectivity index (χ4n) is 19.1. The summed E-state index contributed by atoms with van der Waals surface area (Å²) in [6.45, 7) is 12.9. The Balaban J connectivity index is 0.000000113. The Bertz CT molecular complexity index is 8390. The van der Waals surface area contributed by atoms with Gasteiger partial charge in [0, 0.05) is 0 Å². The van der Waals surface area contributed by atoms with Crippen LogP contribution in [0, 0.1) is 41.5 Å². The van der Waals surface area contributed by atoms with E-state index in [4.69, 9.17) is 0 Å².